The van der Waals surface area contributed by atoms with E-state index in [0.717, 1.165) is 25.0 Å². The lowest BCUT2D eigenvalue weighted by Crippen LogP contribution is -2.57. The van der Waals surface area contributed by atoms with Gasteiger partial charge in [0.15, 0.2) is 0 Å². The van der Waals surface area contributed by atoms with Gasteiger partial charge >= 0.3 is 0 Å². The van der Waals surface area contributed by atoms with Crippen LogP contribution >= 0.6 is 11.8 Å². The van der Waals surface area contributed by atoms with Crippen molar-refractivity contribution in [1.82, 2.24) is 4.90 Å². The maximum atomic E-state index is 12.9. The highest BCUT2D eigenvalue weighted by Crippen LogP contribution is 2.30. The molecule has 1 heterocycles. The van der Waals surface area contributed by atoms with Crippen LogP contribution in [0.5, 0.6) is 0 Å². The molecule has 1 saturated heterocycles. The van der Waals surface area contributed by atoms with Crippen molar-refractivity contribution in [3.63, 3.8) is 0 Å². The molecule has 3 atom stereocenters. The summed E-state index contributed by atoms with van der Waals surface area (Å²) >= 11 is 1.76. The van der Waals surface area contributed by atoms with Gasteiger partial charge in [0.25, 0.3) is 0 Å². The number of carbonyl (C=O) groups is 1. The highest BCUT2D eigenvalue weighted by atomic mass is 32.2. The summed E-state index contributed by atoms with van der Waals surface area (Å²) in [5, 5.41) is 10.4. The summed E-state index contributed by atoms with van der Waals surface area (Å²) in [5.74, 6) is 0.790. The van der Waals surface area contributed by atoms with E-state index in [9.17, 15) is 9.90 Å². The van der Waals surface area contributed by atoms with Crippen LogP contribution in [-0.4, -0.2) is 58.4 Å². The number of nitrogens with zero attached hydrogens (tertiary/aromatic N) is 1. The molecule has 0 aromatic carbocycles. The predicted molar refractivity (Wildman–Crippen MR) is 110 cm³/mol. The van der Waals surface area contributed by atoms with Crippen LogP contribution in [0.1, 0.15) is 78.6 Å². The molecule has 0 unspecified atom stereocenters. The van der Waals surface area contributed by atoms with Crippen LogP contribution in [0.3, 0.4) is 0 Å². The van der Waals surface area contributed by atoms with Gasteiger partial charge in [0.1, 0.15) is 11.8 Å². The number of carbonyl (C=O) groups excluding carboxylic acids is 1. The number of nitrogens with two attached hydrogens (primary N) is 1. The van der Waals surface area contributed by atoms with E-state index in [0.29, 0.717) is 13.0 Å². The van der Waals surface area contributed by atoms with Crippen molar-refractivity contribution in [3.05, 3.63) is 0 Å². The molecule has 26 heavy (non-hydrogen) atoms. The van der Waals surface area contributed by atoms with Crippen LogP contribution in [0.15, 0.2) is 0 Å². The summed E-state index contributed by atoms with van der Waals surface area (Å²) in [7, 11) is 0. The average Bonchev–Trinajstić information content (AvgIpc) is 2.91. The first-order chi connectivity index (χ1) is 12.3. The van der Waals surface area contributed by atoms with Crippen LogP contribution < -0.4 is 5.73 Å². The number of thioether (sulfide) groups is 1. The lowest BCUT2D eigenvalue weighted by Gasteiger charge is -2.36. The Morgan fingerprint density at radius 2 is 1.88 bits per heavy atom. The van der Waals surface area contributed by atoms with E-state index in [2.05, 4.69) is 13.2 Å². The van der Waals surface area contributed by atoms with Gasteiger partial charge in [-0.2, -0.15) is 11.8 Å². The SMILES string of the molecule is CCCCCCCCC[C@H](O)[C@H](N)C(=O)N1[C@H](CCSC)COC1(C)C. The Bertz CT molecular complexity index is 407. The van der Waals surface area contributed by atoms with Gasteiger partial charge in [-0.1, -0.05) is 51.9 Å². The molecule has 0 radical (unpaired) electrons. The van der Waals surface area contributed by atoms with Crippen LogP contribution in [0, 0.1) is 0 Å². The molecular weight excluding hydrogens is 348 g/mol. The van der Waals surface area contributed by atoms with Gasteiger partial charge in [-0.3, -0.25) is 4.79 Å². The Morgan fingerprint density at radius 1 is 1.27 bits per heavy atom. The van der Waals surface area contributed by atoms with E-state index in [1.54, 1.807) is 16.7 Å². The first-order valence-electron chi connectivity index (χ1n) is 10.2. The molecule has 0 aromatic rings. The van der Waals surface area contributed by atoms with Crippen molar-refractivity contribution in [2.75, 3.05) is 18.6 Å². The maximum absolute atomic E-state index is 12.9. The van der Waals surface area contributed by atoms with Gasteiger partial charge in [-0.15, -0.1) is 0 Å². The fraction of sp³-hybridized carbons (Fsp3) is 0.950. The molecule has 0 aliphatic carbocycles. The number of aliphatic hydroxyl groups excluding tert-OH is 1. The minimum Gasteiger partial charge on any atom is -0.391 e. The second-order valence-corrected chi connectivity index (χ2v) is 8.89. The third-order valence-corrected chi connectivity index (χ3v) is 5.91. The molecule has 1 aliphatic rings. The summed E-state index contributed by atoms with van der Waals surface area (Å²) in [5.41, 5.74) is 5.48. The van der Waals surface area contributed by atoms with Crippen molar-refractivity contribution < 1.29 is 14.6 Å². The summed E-state index contributed by atoms with van der Waals surface area (Å²) in [6.45, 7) is 6.56. The monoisotopic (exact) mass is 388 g/mol. The quantitative estimate of drug-likeness (QED) is 0.472. The van der Waals surface area contributed by atoms with Crippen molar-refractivity contribution in [3.8, 4) is 0 Å². The van der Waals surface area contributed by atoms with Gasteiger partial charge in [0, 0.05) is 0 Å². The number of hydrogen-bond acceptors (Lipinski definition) is 5. The van der Waals surface area contributed by atoms with Crippen LogP contribution in [0.2, 0.25) is 0 Å². The third-order valence-electron chi connectivity index (χ3n) is 5.27. The standard InChI is InChI=1S/C20H40N2O3S/c1-5-6-7-8-9-10-11-12-17(23)18(21)19(24)22-16(13-14-26-4)15-25-20(22,2)3/h16-18,23H,5-15,21H2,1-4H3/t16-,17+,18+/m1/s1. The van der Waals surface area contributed by atoms with Gasteiger partial charge in [0.2, 0.25) is 5.91 Å². The van der Waals surface area contributed by atoms with Crippen molar-refractivity contribution in [2.24, 2.45) is 5.73 Å². The van der Waals surface area contributed by atoms with E-state index < -0.39 is 17.9 Å². The number of hydrogen-bond donors (Lipinski definition) is 2. The summed E-state index contributed by atoms with van der Waals surface area (Å²) in [6.07, 6.45) is 11.1. The van der Waals surface area contributed by atoms with Crippen molar-refractivity contribution in [2.45, 2.75) is 102 Å². The highest BCUT2D eigenvalue weighted by Gasteiger charge is 2.45. The Kier molecular flexibility index (Phi) is 11.2. The molecule has 0 bridgehead atoms. The lowest BCUT2D eigenvalue weighted by atomic mass is 10.0. The fourth-order valence-electron chi connectivity index (χ4n) is 3.61. The van der Waals surface area contributed by atoms with E-state index in [4.69, 9.17) is 10.5 Å². The van der Waals surface area contributed by atoms with E-state index >= 15 is 0 Å². The normalized spacial score (nSPS) is 21.8. The number of amides is 1. The molecule has 3 N–H and O–H groups in total. The van der Waals surface area contributed by atoms with E-state index in [-0.39, 0.29) is 11.9 Å². The van der Waals surface area contributed by atoms with Gasteiger partial charge in [0.05, 0.1) is 18.8 Å². The summed E-state index contributed by atoms with van der Waals surface area (Å²) < 4.78 is 5.82. The third kappa shape index (κ3) is 7.37. The van der Waals surface area contributed by atoms with Gasteiger partial charge in [-0.05, 0) is 38.7 Å². The zero-order valence-corrected chi connectivity index (χ0v) is 18.0. The molecule has 1 amide bonds. The zero-order chi connectivity index (χ0) is 19.6. The van der Waals surface area contributed by atoms with E-state index in [1.807, 2.05) is 13.8 Å². The number of rotatable bonds is 13. The van der Waals surface area contributed by atoms with Crippen LogP contribution in [0.4, 0.5) is 0 Å². The summed E-state index contributed by atoms with van der Waals surface area (Å²) in [6, 6.07) is -0.824. The Labute approximate surface area is 164 Å². The molecule has 1 fully saturated rings. The molecule has 1 aliphatic heterocycles. The lowest BCUT2D eigenvalue weighted by molar-refractivity contribution is -0.150. The fourth-order valence-corrected chi connectivity index (χ4v) is 4.12. The van der Waals surface area contributed by atoms with Gasteiger partial charge in [-0.25, -0.2) is 0 Å². The van der Waals surface area contributed by atoms with Gasteiger partial charge < -0.3 is 20.5 Å². The maximum Gasteiger partial charge on any atom is 0.244 e. The van der Waals surface area contributed by atoms with Crippen LogP contribution in [-0.2, 0) is 9.53 Å². The molecule has 0 spiro atoms. The topological polar surface area (TPSA) is 75.8 Å². The second-order valence-electron chi connectivity index (χ2n) is 7.90. The van der Waals surface area contributed by atoms with Crippen molar-refractivity contribution in [1.29, 1.82) is 0 Å². The Hall–Kier alpha value is -0.300. The van der Waals surface area contributed by atoms with E-state index in [1.165, 1.54) is 32.1 Å². The largest absolute Gasteiger partial charge is 0.391 e. The number of ether oxygens (including phenoxy) is 1. The van der Waals surface area contributed by atoms with Crippen LogP contribution in [0.25, 0.3) is 0 Å². The Morgan fingerprint density at radius 3 is 2.50 bits per heavy atom. The molecule has 0 saturated carbocycles. The number of aliphatic hydroxyl groups is 1. The molecule has 5 nitrogen and oxygen atoms in total. The minimum atomic E-state index is -0.868. The average molecular weight is 389 g/mol. The molecule has 6 heteroatoms. The predicted octanol–water partition coefficient (Wildman–Crippen LogP) is 3.53. The minimum absolute atomic E-state index is 0.0433. The smallest absolute Gasteiger partial charge is 0.244 e. The molecule has 154 valence electrons. The highest BCUT2D eigenvalue weighted by molar-refractivity contribution is 7.98. The first kappa shape index (κ1) is 23.7. The zero-order valence-electron chi connectivity index (χ0n) is 17.2. The van der Waals surface area contributed by atoms with Crippen molar-refractivity contribution >= 4 is 17.7 Å². The molecule has 0 aromatic heterocycles. The second kappa shape index (κ2) is 12.2. The first-order valence-corrected chi connectivity index (χ1v) is 11.6. The molecule has 1 rings (SSSR count). The summed E-state index contributed by atoms with van der Waals surface area (Å²) in [4.78, 5) is 14.7. The number of unbranched alkanes of at least 4 members (excludes halogenated alkanes) is 6. The molecular formula is C20H40N2O3S. The Balaban J connectivity index is 2.45.